The van der Waals surface area contributed by atoms with Crippen molar-refractivity contribution in [3.8, 4) is 0 Å². The topological polar surface area (TPSA) is 163 Å². The lowest BCUT2D eigenvalue weighted by atomic mass is 10.4. The SMILES string of the molecule is CNCC(=O)NCC(=O)N[C@@H](C=O)N(C)C(=O)CNC(=O)CN. The van der Waals surface area contributed by atoms with E-state index in [9.17, 15) is 24.0 Å². The molecule has 0 aliphatic heterocycles. The van der Waals surface area contributed by atoms with Crippen molar-refractivity contribution in [2.24, 2.45) is 5.73 Å². The van der Waals surface area contributed by atoms with E-state index in [1.807, 2.05) is 0 Å². The van der Waals surface area contributed by atoms with Crippen LogP contribution in [0.5, 0.6) is 0 Å². The maximum atomic E-state index is 11.8. The van der Waals surface area contributed by atoms with Gasteiger partial charge in [-0.1, -0.05) is 0 Å². The Morgan fingerprint density at radius 2 is 1.65 bits per heavy atom. The molecule has 1 atom stereocenters. The molecule has 0 spiro atoms. The van der Waals surface area contributed by atoms with Gasteiger partial charge in [-0.2, -0.15) is 0 Å². The van der Waals surface area contributed by atoms with Crippen molar-refractivity contribution in [1.82, 2.24) is 26.2 Å². The van der Waals surface area contributed by atoms with Crippen LogP contribution < -0.4 is 27.0 Å². The molecule has 130 valence electrons. The summed E-state index contributed by atoms with van der Waals surface area (Å²) in [5, 5.41) is 9.46. The van der Waals surface area contributed by atoms with E-state index in [0.29, 0.717) is 6.29 Å². The van der Waals surface area contributed by atoms with Gasteiger partial charge in [-0.15, -0.1) is 0 Å². The Kier molecular flexibility index (Phi) is 9.87. The molecule has 0 unspecified atom stereocenters. The van der Waals surface area contributed by atoms with Crippen molar-refractivity contribution < 1.29 is 24.0 Å². The summed E-state index contributed by atoms with van der Waals surface area (Å²) in [6.07, 6.45) is -0.860. The summed E-state index contributed by atoms with van der Waals surface area (Å²) in [6, 6.07) is 0. The Morgan fingerprint density at radius 1 is 1.04 bits per heavy atom. The molecule has 0 aromatic heterocycles. The Morgan fingerprint density at radius 3 is 2.17 bits per heavy atom. The standard InChI is InChI=1S/C12H22N6O5/c1-14-4-10(21)15-5-11(22)17-8(7-19)18(2)12(23)6-16-9(20)3-13/h7-8,14H,3-6,13H2,1-2H3,(H,15,21)(H,16,20)(H,17,22)/t8-/m1/s1. The van der Waals surface area contributed by atoms with Crippen LogP contribution in [0.25, 0.3) is 0 Å². The summed E-state index contributed by atoms with van der Waals surface area (Å²) in [4.78, 5) is 57.5. The molecule has 0 saturated heterocycles. The molecular formula is C12H22N6O5. The summed E-state index contributed by atoms with van der Waals surface area (Å²) in [5.74, 6) is -2.15. The summed E-state index contributed by atoms with van der Waals surface area (Å²) in [5.41, 5.74) is 5.08. The van der Waals surface area contributed by atoms with Crippen molar-refractivity contribution in [3.05, 3.63) is 0 Å². The lowest BCUT2D eigenvalue weighted by Crippen LogP contribution is -2.54. The van der Waals surface area contributed by atoms with Gasteiger partial charge < -0.3 is 31.9 Å². The Bertz CT molecular complexity index is 455. The van der Waals surface area contributed by atoms with Crippen molar-refractivity contribution in [3.63, 3.8) is 0 Å². The van der Waals surface area contributed by atoms with Crippen LogP contribution in [-0.2, 0) is 24.0 Å². The van der Waals surface area contributed by atoms with E-state index in [1.165, 1.54) is 7.05 Å². The van der Waals surface area contributed by atoms with E-state index in [-0.39, 0.29) is 32.1 Å². The number of nitrogens with two attached hydrogens (primary N) is 1. The van der Waals surface area contributed by atoms with Gasteiger partial charge in [-0.25, -0.2) is 0 Å². The van der Waals surface area contributed by atoms with Crippen LogP contribution >= 0.6 is 0 Å². The average molecular weight is 330 g/mol. The fourth-order valence-corrected chi connectivity index (χ4v) is 1.37. The van der Waals surface area contributed by atoms with Crippen LogP contribution in [0.3, 0.4) is 0 Å². The molecule has 11 heteroatoms. The monoisotopic (exact) mass is 330 g/mol. The van der Waals surface area contributed by atoms with E-state index in [4.69, 9.17) is 5.73 Å². The maximum Gasteiger partial charge on any atom is 0.243 e. The maximum absolute atomic E-state index is 11.8. The highest BCUT2D eigenvalue weighted by molar-refractivity contribution is 5.89. The third-order valence-corrected chi connectivity index (χ3v) is 2.65. The number of hydrogen-bond donors (Lipinski definition) is 5. The number of carbonyl (C=O) groups is 5. The van der Waals surface area contributed by atoms with Crippen LogP contribution in [0.2, 0.25) is 0 Å². The fourth-order valence-electron chi connectivity index (χ4n) is 1.37. The fraction of sp³-hybridized carbons (Fsp3) is 0.583. The van der Waals surface area contributed by atoms with Gasteiger partial charge in [0.2, 0.25) is 23.6 Å². The summed E-state index contributed by atoms with van der Waals surface area (Å²) in [6.45, 7) is -0.913. The molecule has 0 aromatic rings. The van der Waals surface area contributed by atoms with Crippen LogP contribution in [0.15, 0.2) is 0 Å². The van der Waals surface area contributed by atoms with Gasteiger partial charge in [0.25, 0.3) is 0 Å². The molecule has 0 fully saturated rings. The summed E-state index contributed by atoms with van der Waals surface area (Å²) >= 11 is 0. The van der Waals surface area contributed by atoms with Gasteiger partial charge in [0.05, 0.1) is 26.2 Å². The predicted octanol–water partition coefficient (Wildman–Crippen LogP) is -4.50. The van der Waals surface area contributed by atoms with Gasteiger partial charge in [0.1, 0.15) is 0 Å². The van der Waals surface area contributed by atoms with E-state index >= 15 is 0 Å². The number of hydrogen-bond acceptors (Lipinski definition) is 7. The summed E-state index contributed by atoms with van der Waals surface area (Å²) in [7, 11) is 2.86. The first-order valence-corrected chi connectivity index (χ1v) is 6.74. The van der Waals surface area contributed by atoms with E-state index < -0.39 is 23.9 Å². The number of nitrogens with zero attached hydrogens (tertiary/aromatic N) is 1. The first-order chi connectivity index (χ1) is 10.8. The molecule has 0 aromatic carbocycles. The van der Waals surface area contributed by atoms with E-state index in [0.717, 1.165) is 4.90 Å². The van der Waals surface area contributed by atoms with Gasteiger partial charge in [-0.3, -0.25) is 24.0 Å². The Balaban J connectivity index is 4.37. The number of likely N-dealkylation sites (N-methyl/N-ethyl adjacent to an activating group) is 2. The molecule has 11 nitrogen and oxygen atoms in total. The molecule has 0 bridgehead atoms. The largest absolute Gasteiger partial charge is 0.346 e. The summed E-state index contributed by atoms with van der Waals surface area (Å²) < 4.78 is 0. The van der Waals surface area contributed by atoms with Crippen molar-refractivity contribution in [1.29, 1.82) is 0 Å². The van der Waals surface area contributed by atoms with Gasteiger partial charge in [0, 0.05) is 7.05 Å². The molecular weight excluding hydrogens is 308 g/mol. The highest BCUT2D eigenvalue weighted by Gasteiger charge is 2.21. The lowest BCUT2D eigenvalue weighted by molar-refractivity contribution is -0.138. The number of carbonyl (C=O) groups excluding carboxylic acids is 5. The zero-order valence-corrected chi connectivity index (χ0v) is 13.0. The molecule has 0 radical (unpaired) electrons. The molecule has 6 N–H and O–H groups in total. The van der Waals surface area contributed by atoms with Crippen LogP contribution in [0, 0.1) is 0 Å². The van der Waals surface area contributed by atoms with Crippen LogP contribution in [0.1, 0.15) is 0 Å². The number of amides is 4. The normalized spacial score (nSPS) is 11.1. The second kappa shape index (κ2) is 11.1. The number of rotatable bonds is 10. The third kappa shape index (κ3) is 8.48. The zero-order chi connectivity index (χ0) is 17.8. The Labute approximate surface area is 133 Å². The van der Waals surface area contributed by atoms with Gasteiger partial charge in [-0.05, 0) is 7.05 Å². The number of nitrogens with one attached hydrogen (secondary N) is 4. The van der Waals surface area contributed by atoms with E-state index in [1.54, 1.807) is 7.05 Å². The predicted molar refractivity (Wildman–Crippen MR) is 79.8 cm³/mol. The molecule has 4 amide bonds. The van der Waals surface area contributed by atoms with E-state index in [2.05, 4.69) is 21.3 Å². The lowest BCUT2D eigenvalue weighted by Gasteiger charge is -2.24. The first kappa shape index (κ1) is 20.5. The molecule has 23 heavy (non-hydrogen) atoms. The minimum atomic E-state index is -1.22. The van der Waals surface area contributed by atoms with Crippen molar-refractivity contribution in [2.75, 3.05) is 40.3 Å². The molecule has 0 aliphatic carbocycles. The van der Waals surface area contributed by atoms with Crippen molar-refractivity contribution >= 4 is 29.9 Å². The van der Waals surface area contributed by atoms with Crippen LogP contribution in [-0.4, -0.2) is 81.3 Å². The number of aldehydes is 1. The smallest absolute Gasteiger partial charge is 0.243 e. The molecule has 0 rings (SSSR count). The molecule has 0 heterocycles. The third-order valence-electron chi connectivity index (χ3n) is 2.65. The van der Waals surface area contributed by atoms with Gasteiger partial charge in [0.15, 0.2) is 12.5 Å². The van der Waals surface area contributed by atoms with Crippen molar-refractivity contribution in [2.45, 2.75) is 6.17 Å². The highest BCUT2D eigenvalue weighted by atomic mass is 16.2. The molecule has 0 saturated carbocycles. The molecule has 0 aliphatic rings. The average Bonchev–Trinajstić information content (AvgIpc) is 2.54. The minimum absolute atomic E-state index is 0.0453. The quantitative estimate of drug-likeness (QED) is 0.199. The van der Waals surface area contributed by atoms with Crippen LogP contribution in [0.4, 0.5) is 0 Å². The second-order valence-electron chi connectivity index (χ2n) is 4.44. The zero-order valence-electron chi connectivity index (χ0n) is 13.0. The first-order valence-electron chi connectivity index (χ1n) is 6.74. The minimum Gasteiger partial charge on any atom is -0.346 e. The van der Waals surface area contributed by atoms with Gasteiger partial charge >= 0.3 is 0 Å². The highest BCUT2D eigenvalue weighted by Crippen LogP contribution is 1.91. The second-order valence-corrected chi connectivity index (χ2v) is 4.44. The Hall–Kier alpha value is -2.53.